The summed E-state index contributed by atoms with van der Waals surface area (Å²) in [4.78, 5) is 21.9. The van der Waals surface area contributed by atoms with Crippen LogP contribution in [0.5, 0.6) is 0 Å². The van der Waals surface area contributed by atoms with Crippen LogP contribution in [0.3, 0.4) is 0 Å². The van der Waals surface area contributed by atoms with Gasteiger partial charge in [-0.25, -0.2) is 0 Å². The molecule has 0 fully saturated rings. The minimum Gasteiger partial charge on any atom is -0.468 e. The van der Waals surface area contributed by atoms with E-state index >= 15 is 0 Å². The van der Waals surface area contributed by atoms with Crippen LogP contribution < -0.4 is 0 Å². The van der Waals surface area contributed by atoms with Crippen molar-refractivity contribution in [3.8, 4) is 0 Å². The Morgan fingerprint density at radius 1 is 1.38 bits per heavy atom. The number of methoxy groups -OCH3 is 2. The molecule has 0 atom stereocenters. The molecule has 6 nitrogen and oxygen atoms in total. The van der Waals surface area contributed by atoms with Crippen LogP contribution in [0, 0.1) is 5.92 Å². The molecule has 0 heterocycles. The summed E-state index contributed by atoms with van der Waals surface area (Å²) < 4.78 is 8.70. The molecule has 13 heavy (non-hydrogen) atoms. The number of carbonyl (C=O) groups excluding carboxylic acids is 2. The van der Waals surface area contributed by atoms with Gasteiger partial charge in [-0.3, -0.25) is 9.59 Å². The van der Waals surface area contributed by atoms with Gasteiger partial charge in [-0.15, -0.1) is 5.16 Å². The second kappa shape index (κ2) is 5.99. The second-order valence-corrected chi connectivity index (χ2v) is 2.13. The van der Waals surface area contributed by atoms with Gasteiger partial charge in [-0.2, -0.15) is 0 Å². The molecule has 0 aliphatic carbocycles. The number of hydrogen-bond donors (Lipinski definition) is 1. The Hall–Kier alpha value is -1.59. The normalized spacial score (nSPS) is 10.4. The van der Waals surface area contributed by atoms with E-state index in [-0.39, 0.29) is 6.42 Å². The van der Waals surface area contributed by atoms with Crippen molar-refractivity contribution in [2.75, 3.05) is 14.2 Å². The molecule has 0 spiro atoms. The van der Waals surface area contributed by atoms with E-state index in [1.807, 2.05) is 0 Å². The Balaban J connectivity index is 4.35. The Labute approximate surface area is 75.1 Å². The van der Waals surface area contributed by atoms with Gasteiger partial charge >= 0.3 is 11.9 Å². The molecule has 74 valence electrons. The summed E-state index contributed by atoms with van der Waals surface area (Å²) >= 11 is 0. The van der Waals surface area contributed by atoms with Gasteiger partial charge in [-0.1, -0.05) is 0 Å². The van der Waals surface area contributed by atoms with Crippen molar-refractivity contribution in [3.05, 3.63) is 0 Å². The van der Waals surface area contributed by atoms with Crippen LogP contribution in [0.15, 0.2) is 5.16 Å². The average molecular weight is 189 g/mol. The van der Waals surface area contributed by atoms with Crippen LogP contribution in [0.25, 0.3) is 0 Å². The molecule has 0 aromatic rings. The molecule has 0 unspecified atom stereocenters. The van der Waals surface area contributed by atoms with Gasteiger partial charge in [0.05, 0.1) is 14.2 Å². The highest BCUT2D eigenvalue weighted by Crippen LogP contribution is 2.05. The third kappa shape index (κ3) is 3.55. The first kappa shape index (κ1) is 11.4. The molecular formula is C7H11NO5. The van der Waals surface area contributed by atoms with Crippen molar-refractivity contribution in [1.82, 2.24) is 0 Å². The SMILES string of the molecule is COC(=O)C(CC=NO)C(=O)OC. The van der Waals surface area contributed by atoms with E-state index in [9.17, 15) is 9.59 Å². The fraction of sp³-hybridized carbons (Fsp3) is 0.571. The van der Waals surface area contributed by atoms with E-state index in [1.54, 1.807) is 0 Å². The lowest BCUT2D eigenvalue weighted by molar-refractivity contribution is -0.158. The molecule has 0 bridgehead atoms. The van der Waals surface area contributed by atoms with Gasteiger partial charge < -0.3 is 14.7 Å². The zero-order chi connectivity index (χ0) is 10.3. The first-order valence-corrected chi connectivity index (χ1v) is 3.49. The summed E-state index contributed by atoms with van der Waals surface area (Å²) in [6, 6.07) is 0. The molecule has 0 aromatic heterocycles. The Kier molecular flexibility index (Phi) is 5.25. The Bertz CT molecular complexity index is 197. The smallest absolute Gasteiger partial charge is 0.320 e. The van der Waals surface area contributed by atoms with Gasteiger partial charge in [0, 0.05) is 12.6 Å². The highest BCUT2D eigenvalue weighted by atomic mass is 16.5. The van der Waals surface area contributed by atoms with E-state index in [1.165, 1.54) is 0 Å². The lowest BCUT2D eigenvalue weighted by Gasteiger charge is -2.08. The van der Waals surface area contributed by atoms with Crippen LogP contribution in [-0.2, 0) is 19.1 Å². The maximum absolute atomic E-state index is 11.0. The van der Waals surface area contributed by atoms with Crippen molar-refractivity contribution in [3.63, 3.8) is 0 Å². The van der Waals surface area contributed by atoms with E-state index in [2.05, 4.69) is 14.6 Å². The maximum Gasteiger partial charge on any atom is 0.320 e. The first-order valence-electron chi connectivity index (χ1n) is 3.49. The van der Waals surface area contributed by atoms with E-state index in [0.717, 1.165) is 20.4 Å². The van der Waals surface area contributed by atoms with E-state index in [4.69, 9.17) is 5.21 Å². The van der Waals surface area contributed by atoms with Crippen molar-refractivity contribution in [2.45, 2.75) is 6.42 Å². The molecule has 0 radical (unpaired) electrons. The molecule has 1 N–H and O–H groups in total. The number of rotatable bonds is 4. The number of ether oxygens (including phenoxy) is 2. The van der Waals surface area contributed by atoms with Gasteiger partial charge in [0.15, 0.2) is 5.92 Å². The third-order valence-corrected chi connectivity index (χ3v) is 1.39. The van der Waals surface area contributed by atoms with Gasteiger partial charge in [0.1, 0.15) is 0 Å². The van der Waals surface area contributed by atoms with Gasteiger partial charge in [0.25, 0.3) is 0 Å². The summed E-state index contributed by atoms with van der Waals surface area (Å²) in [5.41, 5.74) is 0. The van der Waals surface area contributed by atoms with Crippen LogP contribution in [0.2, 0.25) is 0 Å². The van der Waals surface area contributed by atoms with Gasteiger partial charge in [-0.05, 0) is 0 Å². The molecule has 0 saturated carbocycles. The fourth-order valence-corrected chi connectivity index (χ4v) is 0.726. The molecule has 0 amide bonds. The molecule has 0 aliphatic heterocycles. The highest BCUT2D eigenvalue weighted by molar-refractivity contribution is 5.96. The summed E-state index contributed by atoms with van der Waals surface area (Å²) in [5.74, 6) is -2.50. The van der Waals surface area contributed by atoms with Crippen LogP contribution in [-0.4, -0.2) is 37.6 Å². The van der Waals surface area contributed by atoms with Crippen molar-refractivity contribution < 1.29 is 24.3 Å². The van der Waals surface area contributed by atoms with E-state index < -0.39 is 17.9 Å². The summed E-state index contributed by atoms with van der Waals surface area (Å²) in [6.07, 6.45) is 0.981. The molecule has 0 rings (SSSR count). The average Bonchev–Trinajstić information content (AvgIpc) is 2.17. The van der Waals surface area contributed by atoms with E-state index in [0.29, 0.717) is 0 Å². The van der Waals surface area contributed by atoms with Crippen molar-refractivity contribution in [1.29, 1.82) is 0 Å². The number of esters is 2. The zero-order valence-electron chi connectivity index (χ0n) is 7.39. The molecule has 0 aliphatic rings. The lowest BCUT2D eigenvalue weighted by Crippen LogP contribution is -2.26. The number of nitrogens with zero attached hydrogens (tertiary/aromatic N) is 1. The summed E-state index contributed by atoms with van der Waals surface area (Å²) in [5, 5.41) is 10.8. The summed E-state index contributed by atoms with van der Waals surface area (Å²) in [7, 11) is 2.32. The molecular weight excluding hydrogens is 178 g/mol. The molecule has 0 saturated heterocycles. The van der Waals surface area contributed by atoms with Crippen LogP contribution >= 0.6 is 0 Å². The first-order chi connectivity index (χ1) is 6.17. The second-order valence-electron chi connectivity index (χ2n) is 2.13. The Morgan fingerprint density at radius 3 is 2.15 bits per heavy atom. The van der Waals surface area contributed by atoms with Gasteiger partial charge in [0.2, 0.25) is 0 Å². The number of oxime groups is 1. The quantitative estimate of drug-likeness (QED) is 0.217. The molecule has 6 heteroatoms. The minimum atomic E-state index is -1.06. The Morgan fingerprint density at radius 2 is 1.85 bits per heavy atom. The van der Waals surface area contributed by atoms with Crippen LogP contribution in [0.1, 0.15) is 6.42 Å². The topological polar surface area (TPSA) is 85.2 Å². The standard InChI is InChI=1S/C7H11NO5/c1-12-6(9)5(3-4-8-11)7(10)13-2/h4-5,11H,3H2,1-2H3. The predicted octanol–water partition coefficient (Wildman–Crippen LogP) is -0.201. The third-order valence-electron chi connectivity index (χ3n) is 1.39. The minimum absolute atomic E-state index is 0.0458. The fourth-order valence-electron chi connectivity index (χ4n) is 0.726. The predicted molar refractivity (Wildman–Crippen MR) is 42.4 cm³/mol. The number of hydrogen-bond acceptors (Lipinski definition) is 6. The molecule has 0 aromatic carbocycles. The summed E-state index contributed by atoms with van der Waals surface area (Å²) in [6.45, 7) is 0. The highest BCUT2D eigenvalue weighted by Gasteiger charge is 2.27. The maximum atomic E-state index is 11.0. The zero-order valence-corrected chi connectivity index (χ0v) is 7.39. The van der Waals surface area contributed by atoms with Crippen LogP contribution in [0.4, 0.5) is 0 Å². The van der Waals surface area contributed by atoms with Crippen molar-refractivity contribution >= 4 is 18.2 Å². The largest absolute Gasteiger partial charge is 0.468 e. The monoisotopic (exact) mass is 189 g/mol. The van der Waals surface area contributed by atoms with Crippen molar-refractivity contribution in [2.24, 2.45) is 11.1 Å². The number of carbonyl (C=O) groups is 2. The lowest BCUT2D eigenvalue weighted by atomic mass is 10.1.